The number of ether oxygens (including phenoxy) is 3. The summed E-state index contributed by atoms with van der Waals surface area (Å²) in [5, 5.41) is 31.3. The molecule has 4 unspecified atom stereocenters. The van der Waals surface area contributed by atoms with Gasteiger partial charge in [-0.1, -0.05) is 6.58 Å². The Morgan fingerprint density at radius 2 is 2.00 bits per heavy atom. The summed E-state index contributed by atoms with van der Waals surface area (Å²) >= 11 is 0. The van der Waals surface area contributed by atoms with Crippen molar-refractivity contribution in [3.8, 4) is 0 Å². The van der Waals surface area contributed by atoms with E-state index in [9.17, 15) is 19.8 Å². The van der Waals surface area contributed by atoms with Crippen molar-refractivity contribution in [3.05, 3.63) is 12.7 Å². The molecule has 9 nitrogen and oxygen atoms in total. The Balaban J connectivity index is 2.62. The second-order valence-corrected chi connectivity index (χ2v) is 4.68. The van der Waals surface area contributed by atoms with E-state index >= 15 is 0 Å². The summed E-state index contributed by atoms with van der Waals surface area (Å²) < 4.78 is 15.3. The third-order valence-corrected chi connectivity index (χ3v) is 3.03. The standard InChI is InChI=1S/C13H21NO8/c1-3-9(17)20-4-5-21-13-10(14-7(2)16)12(19)11(18)8(6-15)22-13/h3,8,10-13,15,18-19H,1,4-6H2,2H3,(H,14,16)/t8?,10?,11?,12?,13-/m0/s1. The van der Waals surface area contributed by atoms with E-state index in [0.29, 0.717) is 0 Å². The van der Waals surface area contributed by atoms with Crippen LogP contribution in [0.15, 0.2) is 12.7 Å². The van der Waals surface area contributed by atoms with Crippen molar-refractivity contribution in [2.75, 3.05) is 19.8 Å². The van der Waals surface area contributed by atoms with Crippen LogP contribution in [0.1, 0.15) is 6.92 Å². The molecule has 0 bridgehead atoms. The van der Waals surface area contributed by atoms with Crippen LogP contribution >= 0.6 is 0 Å². The predicted molar refractivity (Wildman–Crippen MR) is 72.5 cm³/mol. The molecule has 22 heavy (non-hydrogen) atoms. The molecule has 1 aliphatic rings. The van der Waals surface area contributed by atoms with Crippen LogP contribution in [0.4, 0.5) is 0 Å². The number of carbonyl (C=O) groups excluding carboxylic acids is 2. The molecule has 5 atom stereocenters. The number of nitrogens with one attached hydrogen (secondary N) is 1. The van der Waals surface area contributed by atoms with E-state index in [1.165, 1.54) is 6.92 Å². The number of hydrogen-bond donors (Lipinski definition) is 4. The third kappa shape index (κ3) is 5.04. The lowest BCUT2D eigenvalue weighted by molar-refractivity contribution is -0.271. The molecular formula is C13H21NO8. The maximum absolute atomic E-state index is 11.2. The summed E-state index contributed by atoms with van der Waals surface area (Å²) in [6.07, 6.45) is -3.92. The first-order valence-electron chi connectivity index (χ1n) is 6.71. The second-order valence-electron chi connectivity index (χ2n) is 4.68. The van der Waals surface area contributed by atoms with E-state index in [4.69, 9.17) is 19.3 Å². The van der Waals surface area contributed by atoms with Crippen LogP contribution < -0.4 is 5.32 Å². The van der Waals surface area contributed by atoms with Crippen LogP contribution in [-0.2, 0) is 23.8 Å². The molecule has 9 heteroatoms. The highest BCUT2D eigenvalue weighted by Gasteiger charge is 2.45. The van der Waals surface area contributed by atoms with E-state index < -0.39 is 49.1 Å². The first-order valence-corrected chi connectivity index (χ1v) is 6.71. The average Bonchev–Trinajstić information content (AvgIpc) is 2.49. The molecule has 0 radical (unpaired) electrons. The highest BCUT2D eigenvalue weighted by Crippen LogP contribution is 2.22. The molecule has 0 aliphatic carbocycles. The molecule has 0 aromatic carbocycles. The lowest BCUT2D eigenvalue weighted by atomic mass is 9.97. The topological polar surface area (TPSA) is 135 Å². The van der Waals surface area contributed by atoms with Crippen molar-refractivity contribution in [1.29, 1.82) is 0 Å². The lowest BCUT2D eigenvalue weighted by Gasteiger charge is -2.42. The normalized spacial score (nSPS) is 31.4. The van der Waals surface area contributed by atoms with Gasteiger partial charge in [0.1, 0.15) is 31.0 Å². The number of aliphatic hydroxyl groups excluding tert-OH is 3. The van der Waals surface area contributed by atoms with Gasteiger partial charge < -0.3 is 34.8 Å². The van der Waals surface area contributed by atoms with Crippen molar-refractivity contribution >= 4 is 11.9 Å². The fourth-order valence-corrected chi connectivity index (χ4v) is 1.98. The Labute approximate surface area is 127 Å². The number of hydrogen-bond acceptors (Lipinski definition) is 8. The third-order valence-electron chi connectivity index (χ3n) is 3.03. The number of amides is 1. The smallest absolute Gasteiger partial charge is 0.330 e. The number of rotatable bonds is 7. The Morgan fingerprint density at radius 1 is 1.32 bits per heavy atom. The van der Waals surface area contributed by atoms with E-state index in [1.54, 1.807) is 0 Å². The van der Waals surface area contributed by atoms with Gasteiger partial charge in [-0.05, 0) is 0 Å². The summed E-state index contributed by atoms with van der Waals surface area (Å²) in [5.41, 5.74) is 0. The molecule has 1 saturated heterocycles. The van der Waals surface area contributed by atoms with Crippen molar-refractivity contribution in [3.63, 3.8) is 0 Å². The van der Waals surface area contributed by atoms with Gasteiger partial charge in [0, 0.05) is 13.0 Å². The minimum Gasteiger partial charge on any atom is -0.460 e. The molecular weight excluding hydrogens is 298 g/mol. The van der Waals surface area contributed by atoms with Crippen molar-refractivity contribution < 1.29 is 39.1 Å². The van der Waals surface area contributed by atoms with E-state index in [2.05, 4.69) is 11.9 Å². The zero-order valence-electron chi connectivity index (χ0n) is 12.2. The number of esters is 1. The minimum absolute atomic E-state index is 0.0682. The van der Waals surface area contributed by atoms with Crippen LogP contribution in [0.25, 0.3) is 0 Å². The van der Waals surface area contributed by atoms with Crippen LogP contribution in [0.3, 0.4) is 0 Å². The largest absolute Gasteiger partial charge is 0.460 e. The quantitative estimate of drug-likeness (QED) is 0.233. The monoisotopic (exact) mass is 319 g/mol. The number of carbonyl (C=O) groups is 2. The molecule has 1 aliphatic heterocycles. The maximum Gasteiger partial charge on any atom is 0.330 e. The summed E-state index contributed by atoms with van der Waals surface area (Å²) in [5.74, 6) is -1.07. The number of aliphatic hydroxyl groups is 3. The first kappa shape index (κ1) is 18.5. The van der Waals surface area contributed by atoms with Gasteiger partial charge in [0.2, 0.25) is 5.91 Å². The highest BCUT2D eigenvalue weighted by atomic mass is 16.7. The van der Waals surface area contributed by atoms with Crippen LogP contribution in [-0.4, -0.2) is 77.7 Å². The summed E-state index contributed by atoms with van der Waals surface area (Å²) in [7, 11) is 0. The highest BCUT2D eigenvalue weighted by molar-refractivity contribution is 5.81. The van der Waals surface area contributed by atoms with Gasteiger partial charge in [0.15, 0.2) is 6.29 Å². The van der Waals surface area contributed by atoms with Gasteiger partial charge in [0.05, 0.1) is 13.2 Å². The lowest BCUT2D eigenvalue weighted by Crippen LogP contribution is -2.64. The Bertz CT molecular complexity index is 402. The molecule has 1 rings (SSSR count). The Morgan fingerprint density at radius 3 is 2.55 bits per heavy atom. The second kappa shape index (κ2) is 8.81. The first-order chi connectivity index (χ1) is 10.4. The maximum atomic E-state index is 11.2. The molecule has 0 spiro atoms. The van der Waals surface area contributed by atoms with Gasteiger partial charge >= 0.3 is 5.97 Å². The van der Waals surface area contributed by atoms with Crippen molar-refractivity contribution in [2.24, 2.45) is 0 Å². The Kier molecular flexibility index (Phi) is 7.42. The SMILES string of the molecule is C=CC(=O)OCCO[C@H]1OC(CO)C(O)C(O)C1NC(C)=O. The molecule has 0 saturated carbocycles. The molecule has 0 aromatic rings. The van der Waals surface area contributed by atoms with Gasteiger partial charge in [-0.15, -0.1) is 0 Å². The molecule has 126 valence electrons. The molecule has 1 amide bonds. The average molecular weight is 319 g/mol. The summed E-state index contributed by atoms with van der Waals surface area (Å²) in [6, 6.07) is -1.02. The van der Waals surface area contributed by atoms with Gasteiger partial charge in [-0.2, -0.15) is 0 Å². The summed E-state index contributed by atoms with van der Waals surface area (Å²) in [6.45, 7) is 3.79. The van der Waals surface area contributed by atoms with E-state index in [1.807, 2.05) is 0 Å². The Hall–Kier alpha value is -1.52. The fraction of sp³-hybridized carbons (Fsp3) is 0.692. The predicted octanol–water partition coefficient (Wildman–Crippen LogP) is -2.32. The van der Waals surface area contributed by atoms with Gasteiger partial charge in [-0.25, -0.2) is 4.79 Å². The molecule has 1 heterocycles. The van der Waals surface area contributed by atoms with Crippen LogP contribution in [0.5, 0.6) is 0 Å². The van der Waals surface area contributed by atoms with Crippen molar-refractivity contribution in [2.45, 2.75) is 37.6 Å². The van der Waals surface area contributed by atoms with Crippen LogP contribution in [0.2, 0.25) is 0 Å². The van der Waals surface area contributed by atoms with Gasteiger partial charge in [-0.3, -0.25) is 4.79 Å². The molecule has 0 aromatic heterocycles. The molecule has 4 N–H and O–H groups in total. The van der Waals surface area contributed by atoms with Crippen molar-refractivity contribution in [1.82, 2.24) is 5.32 Å². The van der Waals surface area contributed by atoms with Crippen LogP contribution in [0, 0.1) is 0 Å². The molecule has 1 fully saturated rings. The zero-order chi connectivity index (χ0) is 16.7. The van der Waals surface area contributed by atoms with Gasteiger partial charge in [0.25, 0.3) is 0 Å². The van der Waals surface area contributed by atoms with E-state index in [-0.39, 0.29) is 13.2 Å². The summed E-state index contributed by atoms with van der Waals surface area (Å²) in [4.78, 5) is 22.1. The zero-order valence-corrected chi connectivity index (χ0v) is 12.2. The van der Waals surface area contributed by atoms with E-state index in [0.717, 1.165) is 6.08 Å². The fourth-order valence-electron chi connectivity index (χ4n) is 1.98. The minimum atomic E-state index is -1.38.